The van der Waals surface area contributed by atoms with Crippen molar-refractivity contribution >= 4 is 11.7 Å². The molecular weight excluding hydrogens is 270 g/mol. The number of nitrogens with one attached hydrogen (secondary N) is 1. The van der Waals surface area contributed by atoms with Crippen LogP contribution in [-0.4, -0.2) is 31.1 Å². The first kappa shape index (κ1) is 12.1. The van der Waals surface area contributed by atoms with Crippen LogP contribution in [0.5, 0.6) is 5.75 Å². The Morgan fingerprint density at radius 1 is 1.33 bits per heavy atom. The van der Waals surface area contributed by atoms with Crippen molar-refractivity contribution < 1.29 is 9.90 Å². The lowest BCUT2D eigenvalue weighted by molar-refractivity contribution is -0.116. The molecule has 1 aliphatic heterocycles. The van der Waals surface area contributed by atoms with Crippen LogP contribution >= 0.6 is 0 Å². The van der Waals surface area contributed by atoms with Gasteiger partial charge < -0.3 is 10.4 Å². The first-order chi connectivity index (χ1) is 10.2. The van der Waals surface area contributed by atoms with Gasteiger partial charge in [0.25, 0.3) is 0 Å². The van der Waals surface area contributed by atoms with E-state index in [0.717, 1.165) is 24.1 Å². The number of phenols is 1. The Balaban J connectivity index is 1.93. The zero-order valence-electron chi connectivity index (χ0n) is 11.2. The molecule has 7 nitrogen and oxygen atoms in total. The Morgan fingerprint density at radius 2 is 2.24 bits per heavy atom. The maximum Gasteiger partial charge on any atom is 0.248 e. The van der Waals surface area contributed by atoms with Gasteiger partial charge in [0.05, 0.1) is 0 Å². The van der Waals surface area contributed by atoms with Crippen molar-refractivity contribution in [3.8, 4) is 5.75 Å². The minimum absolute atomic E-state index is 0.109. The molecule has 2 heterocycles. The van der Waals surface area contributed by atoms with Crippen LogP contribution in [0.3, 0.4) is 0 Å². The van der Waals surface area contributed by atoms with E-state index in [1.807, 2.05) is 6.07 Å². The molecule has 0 bridgehead atoms. The minimum Gasteiger partial charge on any atom is -0.508 e. The highest BCUT2D eigenvalue weighted by Crippen LogP contribution is 2.39. The first-order valence-electron chi connectivity index (χ1n) is 6.84. The van der Waals surface area contributed by atoms with E-state index in [0.29, 0.717) is 17.9 Å². The number of ketones is 1. The number of nitrogens with zero attached hydrogens (tertiary/aromatic N) is 4. The van der Waals surface area contributed by atoms with Crippen LogP contribution in [-0.2, 0) is 4.79 Å². The van der Waals surface area contributed by atoms with Gasteiger partial charge in [0, 0.05) is 17.7 Å². The molecule has 0 spiro atoms. The third-order valence-corrected chi connectivity index (χ3v) is 3.92. The molecule has 106 valence electrons. The summed E-state index contributed by atoms with van der Waals surface area (Å²) >= 11 is 0. The number of anilines is 1. The van der Waals surface area contributed by atoms with Crippen molar-refractivity contribution in [2.24, 2.45) is 0 Å². The zero-order valence-corrected chi connectivity index (χ0v) is 11.2. The predicted molar refractivity (Wildman–Crippen MR) is 73.6 cm³/mol. The summed E-state index contributed by atoms with van der Waals surface area (Å²) in [6.45, 7) is 0. The van der Waals surface area contributed by atoms with Crippen molar-refractivity contribution in [1.82, 2.24) is 20.2 Å². The monoisotopic (exact) mass is 283 g/mol. The Labute approximate surface area is 120 Å². The fourth-order valence-electron chi connectivity index (χ4n) is 3.02. The number of Topliss-reactive ketones (excluding diaryl/α,β-unsaturated/α-hetero) is 1. The second-order valence-corrected chi connectivity index (χ2v) is 5.24. The maximum atomic E-state index is 12.4. The molecule has 2 N–H and O–H groups in total. The van der Waals surface area contributed by atoms with Gasteiger partial charge in [-0.3, -0.25) is 4.79 Å². The van der Waals surface area contributed by atoms with Crippen molar-refractivity contribution in [1.29, 1.82) is 0 Å². The Kier molecular flexibility index (Phi) is 2.53. The van der Waals surface area contributed by atoms with Gasteiger partial charge in [-0.25, -0.2) is 0 Å². The molecule has 1 aliphatic carbocycles. The van der Waals surface area contributed by atoms with E-state index >= 15 is 0 Å². The normalized spacial score (nSPS) is 20.8. The number of hydrogen-bond donors (Lipinski definition) is 2. The Bertz CT molecular complexity index is 764. The van der Waals surface area contributed by atoms with Gasteiger partial charge in [0.2, 0.25) is 5.95 Å². The van der Waals surface area contributed by atoms with Crippen LogP contribution in [0.4, 0.5) is 5.95 Å². The molecule has 7 heteroatoms. The lowest BCUT2D eigenvalue weighted by atomic mass is 9.85. The van der Waals surface area contributed by atoms with Crippen molar-refractivity contribution in [2.45, 2.75) is 25.3 Å². The number of aromatic nitrogens is 4. The second-order valence-electron chi connectivity index (χ2n) is 5.24. The highest BCUT2D eigenvalue weighted by molar-refractivity contribution is 5.99. The number of benzene rings is 1. The van der Waals surface area contributed by atoms with Crippen molar-refractivity contribution in [3.05, 3.63) is 41.1 Å². The number of carbonyl (C=O) groups excluding carboxylic acids is 1. The number of tetrazole rings is 1. The van der Waals surface area contributed by atoms with Crippen LogP contribution in [0, 0.1) is 0 Å². The van der Waals surface area contributed by atoms with E-state index in [1.165, 1.54) is 0 Å². The molecule has 2 aromatic rings. The topological polar surface area (TPSA) is 92.9 Å². The van der Waals surface area contributed by atoms with E-state index < -0.39 is 0 Å². The molecule has 2 aliphatic rings. The number of fused-ring (bicyclic) bond motifs is 1. The van der Waals surface area contributed by atoms with Gasteiger partial charge in [0.1, 0.15) is 11.8 Å². The fourth-order valence-corrected chi connectivity index (χ4v) is 3.02. The van der Waals surface area contributed by atoms with Crippen LogP contribution in [0.25, 0.3) is 0 Å². The summed E-state index contributed by atoms with van der Waals surface area (Å²) < 4.78 is 1.59. The summed E-state index contributed by atoms with van der Waals surface area (Å²) in [5, 5.41) is 24.5. The fraction of sp³-hybridized carbons (Fsp3) is 0.286. The van der Waals surface area contributed by atoms with Gasteiger partial charge in [-0.15, -0.1) is 0 Å². The Hall–Kier alpha value is -2.70. The lowest BCUT2D eigenvalue weighted by Gasteiger charge is -2.31. The smallest absolute Gasteiger partial charge is 0.248 e. The summed E-state index contributed by atoms with van der Waals surface area (Å²) in [6.07, 6.45) is 2.18. The lowest BCUT2D eigenvalue weighted by Crippen LogP contribution is -2.31. The standard InChI is InChI=1S/C14H13N5O2/c20-9-4-1-3-8(7-9)13-12-10(5-2-6-11(12)21)15-14-16-17-18-19(13)14/h1,3-4,7,13,20H,2,5-6H2,(H,15,16,18)/t13-/m0/s1. The first-order valence-corrected chi connectivity index (χ1v) is 6.84. The molecule has 0 saturated heterocycles. The van der Waals surface area contributed by atoms with E-state index in [2.05, 4.69) is 20.8 Å². The number of hydrogen-bond acceptors (Lipinski definition) is 6. The van der Waals surface area contributed by atoms with E-state index in [4.69, 9.17) is 0 Å². The van der Waals surface area contributed by atoms with Gasteiger partial charge in [0.15, 0.2) is 5.78 Å². The molecule has 1 aromatic heterocycles. The molecule has 0 radical (unpaired) electrons. The van der Waals surface area contributed by atoms with Gasteiger partial charge in [-0.2, -0.15) is 4.68 Å². The van der Waals surface area contributed by atoms with Gasteiger partial charge in [-0.1, -0.05) is 17.2 Å². The van der Waals surface area contributed by atoms with Crippen LogP contribution in [0.15, 0.2) is 35.5 Å². The largest absolute Gasteiger partial charge is 0.508 e. The molecule has 1 atom stereocenters. The average molecular weight is 283 g/mol. The number of rotatable bonds is 1. The summed E-state index contributed by atoms with van der Waals surface area (Å²) in [5.74, 6) is 0.793. The van der Waals surface area contributed by atoms with Crippen LogP contribution in [0.1, 0.15) is 30.9 Å². The second kappa shape index (κ2) is 4.41. The molecule has 0 unspecified atom stereocenters. The predicted octanol–water partition coefficient (Wildman–Crippen LogP) is 1.40. The molecule has 0 saturated carbocycles. The summed E-state index contributed by atoms with van der Waals surface area (Å²) in [5.41, 5.74) is 2.39. The van der Waals surface area contributed by atoms with Crippen LogP contribution in [0.2, 0.25) is 0 Å². The van der Waals surface area contributed by atoms with Crippen LogP contribution < -0.4 is 5.32 Å². The highest BCUT2D eigenvalue weighted by atomic mass is 16.3. The van der Waals surface area contributed by atoms with Crippen molar-refractivity contribution in [2.75, 3.05) is 5.32 Å². The summed E-state index contributed by atoms with van der Waals surface area (Å²) in [7, 11) is 0. The summed E-state index contributed by atoms with van der Waals surface area (Å²) in [6, 6.07) is 6.49. The number of allylic oxidation sites excluding steroid dienone is 2. The molecule has 0 amide bonds. The van der Waals surface area contributed by atoms with E-state index in [9.17, 15) is 9.90 Å². The third kappa shape index (κ3) is 1.81. The number of phenolic OH excluding ortho intramolecular Hbond substituents is 1. The SMILES string of the molecule is O=C1CCCC2=C1[C@H](c1cccc(O)c1)n1nnnc1N2. The molecule has 21 heavy (non-hydrogen) atoms. The van der Waals surface area contributed by atoms with Gasteiger partial charge in [-0.05, 0) is 41.0 Å². The highest BCUT2D eigenvalue weighted by Gasteiger charge is 2.36. The number of carbonyl (C=O) groups is 1. The Morgan fingerprint density at radius 3 is 3.10 bits per heavy atom. The minimum atomic E-state index is -0.383. The molecule has 4 rings (SSSR count). The van der Waals surface area contributed by atoms with Crippen molar-refractivity contribution in [3.63, 3.8) is 0 Å². The summed E-state index contributed by atoms with van der Waals surface area (Å²) in [4.78, 5) is 12.4. The molecule has 0 fully saturated rings. The number of aromatic hydroxyl groups is 1. The zero-order chi connectivity index (χ0) is 14.4. The molecule has 1 aromatic carbocycles. The maximum absolute atomic E-state index is 12.4. The quantitative estimate of drug-likeness (QED) is 0.821. The molecular formula is C14H13N5O2. The van der Waals surface area contributed by atoms with E-state index in [1.54, 1.807) is 22.9 Å². The third-order valence-electron chi connectivity index (χ3n) is 3.92. The van der Waals surface area contributed by atoms with E-state index in [-0.39, 0.29) is 17.6 Å². The average Bonchev–Trinajstić information content (AvgIpc) is 2.93. The van der Waals surface area contributed by atoms with Gasteiger partial charge >= 0.3 is 0 Å².